The zero-order chi connectivity index (χ0) is 9.97. The molecule has 0 spiro atoms. The van der Waals surface area contributed by atoms with E-state index in [0.717, 1.165) is 28.3 Å². The van der Waals surface area contributed by atoms with Gasteiger partial charge in [-0.1, -0.05) is 12.0 Å². The van der Waals surface area contributed by atoms with E-state index in [2.05, 4.69) is 21.9 Å². The summed E-state index contributed by atoms with van der Waals surface area (Å²) >= 11 is 3.44. The van der Waals surface area contributed by atoms with Crippen LogP contribution in [0.5, 0.6) is 5.75 Å². The minimum atomic E-state index is 0.761. The van der Waals surface area contributed by atoms with Crippen molar-refractivity contribution in [1.82, 2.24) is 0 Å². The zero-order valence-corrected chi connectivity index (χ0v) is 9.38. The molecule has 2 rings (SSSR count). The summed E-state index contributed by atoms with van der Waals surface area (Å²) in [5.41, 5.74) is 0.846. The van der Waals surface area contributed by atoms with Gasteiger partial charge < -0.3 is 4.74 Å². The lowest BCUT2D eigenvalue weighted by molar-refractivity contribution is 0.298. The lowest BCUT2D eigenvalue weighted by Crippen LogP contribution is -1.99. The average Bonchev–Trinajstić information content (AvgIpc) is 3.00. The molecule has 1 aliphatic rings. The largest absolute Gasteiger partial charge is 0.492 e. The Hall–Kier alpha value is -0.940. The van der Waals surface area contributed by atoms with Gasteiger partial charge in [0, 0.05) is 5.56 Å². The van der Waals surface area contributed by atoms with Gasteiger partial charge in [0.15, 0.2) is 0 Å². The lowest BCUT2D eigenvalue weighted by Gasteiger charge is -2.08. The summed E-state index contributed by atoms with van der Waals surface area (Å²) in [6.07, 6.45) is 7.95. The van der Waals surface area contributed by atoms with E-state index in [9.17, 15) is 0 Å². The normalized spacial score (nSPS) is 14.9. The van der Waals surface area contributed by atoms with E-state index in [1.165, 1.54) is 12.8 Å². The van der Waals surface area contributed by atoms with Gasteiger partial charge in [-0.3, -0.25) is 0 Å². The Bertz CT molecular complexity index is 374. The molecule has 0 radical (unpaired) electrons. The van der Waals surface area contributed by atoms with Gasteiger partial charge in [0.1, 0.15) is 5.75 Å². The molecule has 0 aliphatic heterocycles. The van der Waals surface area contributed by atoms with E-state index in [1.54, 1.807) is 0 Å². The highest BCUT2D eigenvalue weighted by atomic mass is 79.9. The summed E-state index contributed by atoms with van der Waals surface area (Å²) in [5.74, 6) is 4.23. The third-order valence-corrected chi connectivity index (χ3v) is 3.11. The number of ether oxygens (including phenoxy) is 1. The van der Waals surface area contributed by atoms with Crippen molar-refractivity contribution in [3.63, 3.8) is 0 Å². The van der Waals surface area contributed by atoms with E-state index in [0.29, 0.717) is 0 Å². The SMILES string of the molecule is C#Cc1cccc(OCC2CC2)c1Br. The summed E-state index contributed by atoms with van der Waals surface area (Å²) in [7, 11) is 0. The van der Waals surface area contributed by atoms with Crippen LogP contribution in [0.2, 0.25) is 0 Å². The van der Waals surface area contributed by atoms with Gasteiger partial charge in [0.05, 0.1) is 11.1 Å². The number of hydrogen-bond donors (Lipinski definition) is 0. The Morgan fingerprint density at radius 3 is 2.93 bits per heavy atom. The maximum atomic E-state index is 5.66. The molecule has 72 valence electrons. The predicted molar refractivity (Wildman–Crippen MR) is 60.3 cm³/mol. The summed E-state index contributed by atoms with van der Waals surface area (Å²) in [6, 6.07) is 5.75. The van der Waals surface area contributed by atoms with Gasteiger partial charge in [-0.05, 0) is 46.8 Å². The summed E-state index contributed by atoms with van der Waals surface area (Å²) < 4.78 is 6.55. The topological polar surface area (TPSA) is 9.23 Å². The van der Waals surface area contributed by atoms with Gasteiger partial charge in [0.25, 0.3) is 0 Å². The van der Waals surface area contributed by atoms with Crippen molar-refractivity contribution in [2.24, 2.45) is 5.92 Å². The molecule has 0 unspecified atom stereocenters. The Kier molecular flexibility index (Phi) is 2.79. The fourth-order valence-electron chi connectivity index (χ4n) is 1.23. The van der Waals surface area contributed by atoms with Crippen molar-refractivity contribution in [2.45, 2.75) is 12.8 Å². The molecule has 0 N–H and O–H groups in total. The monoisotopic (exact) mass is 250 g/mol. The van der Waals surface area contributed by atoms with Gasteiger partial charge in [-0.15, -0.1) is 6.42 Å². The second-order valence-electron chi connectivity index (χ2n) is 3.52. The fraction of sp³-hybridized carbons (Fsp3) is 0.333. The van der Waals surface area contributed by atoms with Gasteiger partial charge in [-0.25, -0.2) is 0 Å². The van der Waals surface area contributed by atoms with Crippen LogP contribution in [0.1, 0.15) is 18.4 Å². The highest BCUT2D eigenvalue weighted by Gasteiger charge is 2.22. The number of rotatable bonds is 3. The van der Waals surface area contributed by atoms with Crippen LogP contribution < -0.4 is 4.74 Å². The average molecular weight is 251 g/mol. The fourth-order valence-corrected chi connectivity index (χ4v) is 1.72. The summed E-state index contributed by atoms with van der Waals surface area (Å²) in [4.78, 5) is 0. The molecule has 1 saturated carbocycles. The second kappa shape index (κ2) is 4.06. The second-order valence-corrected chi connectivity index (χ2v) is 4.31. The van der Waals surface area contributed by atoms with Crippen molar-refractivity contribution < 1.29 is 4.74 Å². The summed E-state index contributed by atoms with van der Waals surface area (Å²) in [6.45, 7) is 0.812. The third-order valence-electron chi connectivity index (χ3n) is 2.29. The van der Waals surface area contributed by atoms with E-state index < -0.39 is 0 Å². The molecule has 1 fully saturated rings. The van der Waals surface area contributed by atoms with Crippen LogP contribution in [0.4, 0.5) is 0 Å². The molecule has 0 amide bonds. The standard InChI is InChI=1S/C12H11BrO/c1-2-10-4-3-5-11(12(10)13)14-8-9-6-7-9/h1,3-5,9H,6-8H2. The van der Waals surface area contributed by atoms with Gasteiger partial charge in [-0.2, -0.15) is 0 Å². The van der Waals surface area contributed by atoms with Crippen LogP contribution in [-0.2, 0) is 0 Å². The molecule has 1 nitrogen and oxygen atoms in total. The first-order chi connectivity index (χ1) is 6.81. The molecular formula is C12H11BrO. The highest BCUT2D eigenvalue weighted by molar-refractivity contribution is 9.10. The molecule has 14 heavy (non-hydrogen) atoms. The van der Waals surface area contributed by atoms with E-state index in [-0.39, 0.29) is 0 Å². The number of halogens is 1. The van der Waals surface area contributed by atoms with Gasteiger partial charge >= 0.3 is 0 Å². The molecule has 2 heteroatoms. The van der Waals surface area contributed by atoms with Crippen molar-refractivity contribution in [3.05, 3.63) is 28.2 Å². The van der Waals surface area contributed by atoms with Crippen molar-refractivity contribution in [2.75, 3.05) is 6.61 Å². The van der Waals surface area contributed by atoms with Crippen molar-refractivity contribution in [1.29, 1.82) is 0 Å². The van der Waals surface area contributed by atoms with E-state index in [4.69, 9.17) is 11.2 Å². The summed E-state index contributed by atoms with van der Waals surface area (Å²) in [5, 5.41) is 0. The number of hydrogen-bond acceptors (Lipinski definition) is 1. The van der Waals surface area contributed by atoms with Crippen molar-refractivity contribution in [3.8, 4) is 18.1 Å². The van der Waals surface area contributed by atoms with Crippen LogP contribution in [0, 0.1) is 18.3 Å². The molecule has 1 aromatic carbocycles. The molecule has 0 bridgehead atoms. The minimum absolute atomic E-state index is 0.761. The van der Waals surface area contributed by atoms with E-state index >= 15 is 0 Å². The maximum Gasteiger partial charge on any atom is 0.134 e. The molecule has 1 aromatic rings. The van der Waals surface area contributed by atoms with Gasteiger partial charge in [0.2, 0.25) is 0 Å². The van der Waals surface area contributed by atoms with Crippen LogP contribution in [0.3, 0.4) is 0 Å². The van der Waals surface area contributed by atoms with Crippen LogP contribution >= 0.6 is 15.9 Å². The molecule has 0 heterocycles. The Morgan fingerprint density at radius 2 is 2.29 bits per heavy atom. The Morgan fingerprint density at radius 1 is 1.50 bits per heavy atom. The third kappa shape index (κ3) is 2.10. The van der Waals surface area contributed by atoms with Crippen LogP contribution in [0.15, 0.2) is 22.7 Å². The molecule has 0 saturated heterocycles. The highest BCUT2D eigenvalue weighted by Crippen LogP contribution is 2.32. The molecular weight excluding hydrogens is 240 g/mol. The first kappa shape index (κ1) is 9.61. The number of benzene rings is 1. The van der Waals surface area contributed by atoms with Crippen LogP contribution in [-0.4, -0.2) is 6.61 Å². The minimum Gasteiger partial charge on any atom is -0.492 e. The van der Waals surface area contributed by atoms with Crippen molar-refractivity contribution >= 4 is 15.9 Å². The van der Waals surface area contributed by atoms with Crippen LogP contribution in [0.25, 0.3) is 0 Å². The smallest absolute Gasteiger partial charge is 0.134 e. The first-order valence-electron chi connectivity index (χ1n) is 4.69. The van der Waals surface area contributed by atoms with E-state index in [1.807, 2.05) is 18.2 Å². The predicted octanol–water partition coefficient (Wildman–Crippen LogP) is 3.22. The number of terminal acetylenes is 1. The maximum absolute atomic E-state index is 5.66. The Labute approximate surface area is 92.6 Å². The lowest BCUT2D eigenvalue weighted by atomic mass is 10.2. The molecule has 1 aliphatic carbocycles. The molecule has 0 aromatic heterocycles. The zero-order valence-electron chi connectivity index (χ0n) is 7.79. The quantitative estimate of drug-likeness (QED) is 0.749. The molecule has 0 atom stereocenters. The first-order valence-corrected chi connectivity index (χ1v) is 5.48. The Balaban J connectivity index is 2.11.